The summed E-state index contributed by atoms with van der Waals surface area (Å²) in [4.78, 5) is 1.86. The highest BCUT2D eigenvalue weighted by Gasteiger charge is 1.99. The Morgan fingerprint density at radius 2 is 1.35 bits per heavy atom. The van der Waals surface area contributed by atoms with Gasteiger partial charge in [-0.05, 0) is 35.0 Å². The molecule has 0 fully saturated rings. The van der Waals surface area contributed by atoms with Crippen molar-refractivity contribution in [2.45, 2.75) is 0 Å². The predicted molar refractivity (Wildman–Crippen MR) is 75.6 cm³/mol. The summed E-state index contributed by atoms with van der Waals surface area (Å²) in [5, 5.41) is 6.27. The summed E-state index contributed by atoms with van der Waals surface area (Å²) in [6.45, 7) is 0. The molecule has 0 aromatic carbocycles. The molecule has 0 aliphatic rings. The highest BCUT2D eigenvalue weighted by atomic mass is 32.2. The number of hydrogen-bond donors (Lipinski definition) is 0. The van der Waals surface area contributed by atoms with Gasteiger partial charge in [0.25, 0.3) is 0 Å². The van der Waals surface area contributed by atoms with E-state index in [2.05, 4.69) is 0 Å². The Labute approximate surface area is 108 Å². The minimum absolute atomic E-state index is 0.929. The summed E-state index contributed by atoms with van der Waals surface area (Å²) in [5.74, 6) is 0. The zero-order valence-electron chi connectivity index (χ0n) is 8.81. The third kappa shape index (κ3) is 3.96. The summed E-state index contributed by atoms with van der Waals surface area (Å²) in [6, 6.07) is 7.52. The van der Waals surface area contributed by atoms with Gasteiger partial charge in [0.1, 0.15) is 0 Å². The van der Waals surface area contributed by atoms with Crippen LogP contribution >= 0.6 is 22.7 Å². The van der Waals surface area contributed by atoms with Gasteiger partial charge in [-0.3, -0.25) is 0 Å². The van der Waals surface area contributed by atoms with Gasteiger partial charge in [-0.1, -0.05) is 12.1 Å². The SMILES string of the molecule is O=S(=O)(C=Cc1cccs1)C=Cc1cccs1. The standard InChI is InChI=1S/C12H10O2S3/c13-17(14,9-5-11-3-1-7-15-11)10-6-12-4-2-8-16-12/h1-10H. The number of hydrogen-bond acceptors (Lipinski definition) is 4. The van der Waals surface area contributed by atoms with Gasteiger partial charge in [-0.2, -0.15) is 0 Å². The zero-order chi connectivity index (χ0) is 12.1. The van der Waals surface area contributed by atoms with Gasteiger partial charge in [0, 0.05) is 20.6 Å². The van der Waals surface area contributed by atoms with Gasteiger partial charge in [0.2, 0.25) is 0 Å². The van der Waals surface area contributed by atoms with Crippen molar-refractivity contribution in [2.75, 3.05) is 0 Å². The van der Waals surface area contributed by atoms with Crippen LogP contribution in [0, 0.1) is 0 Å². The minimum Gasteiger partial charge on any atom is -0.220 e. The first-order valence-electron chi connectivity index (χ1n) is 4.84. The van der Waals surface area contributed by atoms with Crippen molar-refractivity contribution in [3.8, 4) is 0 Å². The van der Waals surface area contributed by atoms with E-state index in [-0.39, 0.29) is 0 Å². The molecule has 0 N–H and O–H groups in total. The van der Waals surface area contributed by atoms with E-state index >= 15 is 0 Å². The minimum atomic E-state index is -3.28. The third-order valence-corrected chi connectivity index (χ3v) is 4.64. The molecule has 0 saturated carbocycles. The molecule has 2 nitrogen and oxygen atoms in total. The fourth-order valence-corrected chi connectivity index (χ4v) is 3.31. The summed E-state index contributed by atoms with van der Waals surface area (Å²) in [7, 11) is -3.28. The Balaban J connectivity index is 2.10. The van der Waals surface area contributed by atoms with Crippen LogP contribution in [0.15, 0.2) is 45.8 Å². The molecule has 0 saturated heterocycles. The molecule has 2 aromatic heterocycles. The van der Waals surface area contributed by atoms with Crippen LogP contribution in [0.5, 0.6) is 0 Å². The molecular weight excluding hydrogens is 272 g/mol. The number of thiophene rings is 2. The topological polar surface area (TPSA) is 34.1 Å². The lowest BCUT2D eigenvalue weighted by molar-refractivity contribution is 0.613. The molecule has 2 heterocycles. The van der Waals surface area contributed by atoms with Gasteiger partial charge in [0.15, 0.2) is 9.84 Å². The largest absolute Gasteiger partial charge is 0.220 e. The van der Waals surface area contributed by atoms with Crippen LogP contribution < -0.4 is 0 Å². The first-order valence-corrected chi connectivity index (χ1v) is 8.21. The predicted octanol–water partition coefficient (Wildman–Crippen LogP) is 3.87. The zero-order valence-corrected chi connectivity index (χ0v) is 11.3. The molecule has 0 bridgehead atoms. The van der Waals surface area contributed by atoms with Crippen LogP contribution in [0.1, 0.15) is 9.75 Å². The highest BCUT2D eigenvalue weighted by Crippen LogP contribution is 2.14. The summed E-state index contributed by atoms with van der Waals surface area (Å²) < 4.78 is 23.3. The summed E-state index contributed by atoms with van der Waals surface area (Å²) in [6.07, 6.45) is 3.22. The Morgan fingerprint density at radius 1 is 0.882 bits per heavy atom. The fourth-order valence-electron chi connectivity index (χ4n) is 1.14. The number of rotatable bonds is 4. The first kappa shape index (κ1) is 12.3. The molecule has 0 amide bonds. The lowest BCUT2D eigenvalue weighted by atomic mass is 10.5. The normalized spacial score (nSPS) is 12.7. The van der Waals surface area contributed by atoms with Crippen molar-refractivity contribution in [3.63, 3.8) is 0 Å². The van der Waals surface area contributed by atoms with Crippen LogP contribution in [0.4, 0.5) is 0 Å². The molecule has 0 unspecified atom stereocenters. The maximum absolute atomic E-state index is 11.7. The van der Waals surface area contributed by atoms with Crippen LogP contribution in [-0.4, -0.2) is 8.42 Å². The van der Waals surface area contributed by atoms with Gasteiger partial charge in [-0.15, -0.1) is 22.7 Å². The molecule has 0 atom stereocenters. The number of sulfone groups is 1. The Hall–Kier alpha value is -1.17. The fraction of sp³-hybridized carbons (Fsp3) is 0. The van der Waals surface area contributed by atoms with Crippen LogP contribution in [0.3, 0.4) is 0 Å². The van der Waals surface area contributed by atoms with Gasteiger partial charge in [0.05, 0.1) is 0 Å². The molecule has 0 aliphatic heterocycles. The van der Waals surface area contributed by atoms with E-state index in [1.54, 1.807) is 12.2 Å². The maximum atomic E-state index is 11.7. The second kappa shape index (κ2) is 5.44. The average molecular weight is 282 g/mol. The maximum Gasteiger partial charge on any atom is 0.193 e. The molecule has 88 valence electrons. The van der Waals surface area contributed by atoms with Crippen LogP contribution in [0.25, 0.3) is 12.2 Å². The van der Waals surface area contributed by atoms with Crippen molar-refractivity contribution in [3.05, 3.63) is 55.6 Å². The van der Waals surface area contributed by atoms with Gasteiger partial charge < -0.3 is 0 Å². The molecule has 2 rings (SSSR count). The van der Waals surface area contributed by atoms with Crippen LogP contribution in [0.2, 0.25) is 0 Å². The molecule has 0 aliphatic carbocycles. The monoisotopic (exact) mass is 282 g/mol. The van der Waals surface area contributed by atoms with E-state index in [9.17, 15) is 8.42 Å². The molecule has 0 radical (unpaired) electrons. The van der Waals surface area contributed by atoms with Crippen molar-refractivity contribution in [2.24, 2.45) is 0 Å². The van der Waals surface area contributed by atoms with E-state index in [0.717, 1.165) is 9.75 Å². The van der Waals surface area contributed by atoms with E-state index < -0.39 is 9.84 Å². The molecule has 2 aromatic rings. The van der Waals surface area contributed by atoms with Crippen molar-refractivity contribution in [1.82, 2.24) is 0 Å². The van der Waals surface area contributed by atoms with Crippen molar-refractivity contribution < 1.29 is 8.42 Å². The first-order chi connectivity index (χ1) is 8.16. The van der Waals surface area contributed by atoms with Gasteiger partial charge in [-0.25, -0.2) is 8.42 Å². The van der Waals surface area contributed by atoms with E-state index in [0.29, 0.717) is 0 Å². The van der Waals surface area contributed by atoms with E-state index in [4.69, 9.17) is 0 Å². The van der Waals surface area contributed by atoms with Crippen molar-refractivity contribution in [1.29, 1.82) is 0 Å². The Bertz CT molecular complexity index is 553. The molecule has 5 heteroatoms. The lowest BCUT2D eigenvalue weighted by Gasteiger charge is -1.88. The summed E-state index contributed by atoms with van der Waals surface area (Å²) in [5.41, 5.74) is 0. The lowest BCUT2D eigenvalue weighted by Crippen LogP contribution is -1.86. The van der Waals surface area contributed by atoms with E-state index in [1.807, 2.05) is 35.0 Å². The Morgan fingerprint density at radius 3 is 1.71 bits per heavy atom. The smallest absolute Gasteiger partial charge is 0.193 e. The third-order valence-electron chi connectivity index (χ3n) is 1.93. The van der Waals surface area contributed by atoms with Gasteiger partial charge >= 0.3 is 0 Å². The van der Waals surface area contributed by atoms with Crippen LogP contribution in [-0.2, 0) is 9.84 Å². The van der Waals surface area contributed by atoms with Crippen molar-refractivity contribution >= 4 is 44.7 Å². The second-order valence-corrected chi connectivity index (χ2v) is 6.91. The molecular formula is C12H10O2S3. The second-order valence-electron chi connectivity index (χ2n) is 3.23. The highest BCUT2D eigenvalue weighted by molar-refractivity contribution is 7.97. The quantitative estimate of drug-likeness (QED) is 0.853. The summed E-state index contributed by atoms with van der Waals surface area (Å²) >= 11 is 3.01. The Kier molecular flexibility index (Phi) is 3.93. The molecule has 0 spiro atoms. The van der Waals surface area contributed by atoms with E-state index in [1.165, 1.54) is 33.5 Å². The average Bonchev–Trinajstić information content (AvgIpc) is 2.97. The molecule has 17 heavy (non-hydrogen) atoms.